The Morgan fingerprint density at radius 2 is 1.80 bits per heavy atom. The highest BCUT2D eigenvalue weighted by Gasteiger charge is 1.97. The Kier molecular flexibility index (Phi) is 9.70. The molecule has 0 saturated heterocycles. The van der Waals surface area contributed by atoms with Gasteiger partial charge in [-0.2, -0.15) is 0 Å². The molecule has 0 aromatic carbocycles. The van der Waals surface area contributed by atoms with E-state index in [0.29, 0.717) is 5.92 Å². The average molecular weight is 212 g/mol. The fourth-order valence-electron chi connectivity index (χ4n) is 1.51. The lowest BCUT2D eigenvalue weighted by molar-refractivity contribution is 0.572. The summed E-state index contributed by atoms with van der Waals surface area (Å²) >= 11 is 0. The summed E-state index contributed by atoms with van der Waals surface area (Å²) in [7, 11) is 0. The molecule has 2 heteroatoms. The van der Waals surface area contributed by atoms with Crippen molar-refractivity contribution < 1.29 is 0 Å². The van der Waals surface area contributed by atoms with Crippen molar-refractivity contribution in [3.63, 3.8) is 0 Å². The molecule has 0 aliphatic heterocycles. The normalized spacial score (nSPS) is 10.7. The molecule has 0 atom stereocenters. The molecule has 0 heterocycles. The van der Waals surface area contributed by atoms with Gasteiger partial charge in [0.15, 0.2) is 0 Å². The molecular formula is C13H28N2. The van der Waals surface area contributed by atoms with Crippen LogP contribution in [-0.2, 0) is 0 Å². The first-order chi connectivity index (χ1) is 7.16. The van der Waals surface area contributed by atoms with E-state index in [1.54, 1.807) is 0 Å². The molecule has 0 radical (unpaired) electrons. The zero-order valence-electron chi connectivity index (χ0n) is 10.7. The van der Waals surface area contributed by atoms with Gasteiger partial charge in [0.25, 0.3) is 0 Å². The average Bonchev–Trinajstić information content (AvgIpc) is 2.15. The molecule has 0 saturated carbocycles. The van der Waals surface area contributed by atoms with Crippen LogP contribution in [0.3, 0.4) is 0 Å². The van der Waals surface area contributed by atoms with Crippen LogP contribution in [0.1, 0.15) is 46.5 Å². The molecule has 0 aromatic heterocycles. The molecule has 2 N–H and O–H groups in total. The molecule has 0 rings (SSSR count). The predicted octanol–water partition coefficient (Wildman–Crippen LogP) is 2.92. The lowest BCUT2D eigenvalue weighted by atomic mass is 10.1. The van der Waals surface area contributed by atoms with Gasteiger partial charge >= 0.3 is 0 Å². The maximum atomic E-state index is 4.02. The van der Waals surface area contributed by atoms with Crippen molar-refractivity contribution >= 4 is 0 Å². The monoisotopic (exact) mass is 212 g/mol. The van der Waals surface area contributed by atoms with E-state index in [-0.39, 0.29) is 0 Å². The van der Waals surface area contributed by atoms with Gasteiger partial charge in [-0.15, -0.1) is 0 Å². The number of unbranched alkanes of at least 4 members (excludes halogenated alkanes) is 1. The third-order valence-corrected chi connectivity index (χ3v) is 2.24. The van der Waals surface area contributed by atoms with Crippen molar-refractivity contribution in [1.82, 2.24) is 10.6 Å². The quantitative estimate of drug-likeness (QED) is 0.544. The van der Waals surface area contributed by atoms with Crippen LogP contribution in [0.25, 0.3) is 0 Å². The second-order valence-corrected chi connectivity index (χ2v) is 4.59. The Bertz CT molecular complexity index is 153. The SMILES string of the molecule is C=C(CC(C)C)NCCCCNCCC. The second kappa shape index (κ2) is 10.0. The van der Waals surface area contributed by atoms with E-state index in [1.807, 2.05) is 0 Å². The molecule has 2 nitrogen and oxygen atoms in total. The molecular weight excluding hydrogens is 184 g/mol. The number of allylic oxidation sites excluding steroid dienone is 1. The largest absolute Gasteiger partial charge is 0.389 e. The van der Waals surface area contributed by atoms with Gasteiger partial charge in [0.2, 0.25) is 0 Å². The Hall–Kier alpha value is -0.500. The summed E-state index contributed by atoms with van der Waals surface area (Å²) in [5.41, 5.74) is 1.19. The summed E-state index contributed by atoms with van der Waals surface area (Å²) in [4.78, 5) is 0. The highest BCUT2D eigenvalue weighted by molar-refractivity contribution is 4.91. The van der Waals surface area contributed by atoms with E-state index in [0.717, 1.165) is 26.1 Å². The van der Waals surface area contributed by atoms with Crippen LogP contribution < -0.4 is 10.6 Å². The van der Waals surface area contributed by atoms with Crippen LogP contribution in [0.2, 0.25) is 0 Å². The minimum absolute atomic E-state index is 0.705. The van der Waals surface area contributed by atoms with Gasteiger partial charge in [-0.1, -0.05) is 27.4 Å². The van der Waals surface area contributed by atoms with E-state index in [4.69, 9.17) is 0 Å². The molecule has 90 valence electrons. The van der Waals surface area contributed by atoms with E-state index in [9.17, 15) is 0 Å². The van der Waals surface area contributed by atoms with Gasteiger partial charge in [0.1, 0.15) is 0 Å². The summed E-state index contributed by atoms with van der Waals surface area (Å²) in [6, 6.07) is 0. The second-order valence-electron chi connectivity index (χ2n) is 4.59. The van der Waals surface area contributed by atoms with Crippen molar-refractivity contribution in [3.05, 3.63) is 12.3 Å². The number of rotatable bonds is 10. The molecule has 0 fully saturated rings. The molecule has 0 spiro atoms. The van der Waals surface area contributed by atoms with Gasteiger partial charge in [0.05, 0.1) is 0 Å². The summed E-state index contributed by atoms with van der Waals surface area (Å²) in [6.07, 6.45) is 4.80. The van der Waals surface area contributed by atoms with E-state index in [1.165, 1.54) is 25.0 Å². The van der Waals surface area contributed by atoms with Gasteiger partial charge in [0, 0.05) is 12.2 Å². The highest BCUT2D eigenvalue weighted by atomic mass is 14.9. The molecule has 0 aromatic rings. The van der Waals surface area contributed by atoms with Gasteiger partial charge < -0.3 is 10.6 Å². The fourth-order valence-corrected chi connectivity index (χ4v) is 1.51. The zero-order chi connectivity index (χ0) is 11.5. The van der Waals surface area contributed by atoms with Gasteiger partial charge in [-0.05, 0) is 44.7 Å². The lowest BCUT2D eigenvalue weighted by Crippen LogP contribution is -2.19. The Balaban J connectivity index is 3.13. The van der Waals surface area contributed by atoms with Crippen LogP contribution in [0.4, 0.5) is 0 Å². The Morgan fingerprint density at radius 1 is 1.13 bits per heavy atom. The number of hydrogen-bond acceptors (Lipinski definition) is 2. The van der Waals surface area contributed by atoms with Crippen molar-refractivity contribution in [2.24, 2.45) is 5.92 Å². The standard InChI is InChI=1S/C13H28N2/c1-5-8-14-9-6-7-10-15-13(4)11-12(2)3/h12,14-15H,4-11H2,1-3H3. The van der Waals surface area contributed by atoms with Crippen molar-refractivity contribution in [3.8, 4) is 0 Å². The Labute approximate surface area is 95.5 Å². The first kappa shape index (κ1) is 14.5. The molecule has 0 amide bonds. The van der Waals surface area contributed by atoms with Crippen LogP contribution >= 0.6 is 0 Å². The molecule has 0 bridgehead atoms. The van der Waals surface area contributed by atoms with E-state index < -0.39 is 0 Å². The summed E-state index contributed by atoms with van der Waals surface area (Å²) in [5, 5.41) is 6.79. The predicted molar refractivity (Wildman–Crippen MR) is 69.0 cm³/mol. The first-order valence-corrected chi connectivity index (χ1v) is 6.29. The van der Waals surface area contributed by atoms with Crippen molar-refractivity contribution in [1.29, 1.82) is 0 Å². The number of hydrogen-bond donors (Lipinski definition) is 2. The van der Waals surface area contributed by atoms with Crippen LogP contribution in [0, 0.1) is 5.92 Å². The zero-order valence-corrected chi connectivity index (χ0v) is 10.7. The summed E-state index contributed by atoms with van der Waals surface area (Å²) in [6.45, 7) is 14.0. The third-order valence-electron chi connectivity index (χ3n) is 2.24. The number of nitrogens with one attached hydrogen (secondary N) is 2. The molecule has 0 aliphatic carbocycles. The van der Waals surface area contributed by atoms with E-state index in [2.05, 4.69) is 38.0 Å². The minimum atomic E-state index is 0.705. The third kappa shape index (κ3) is 11.4. The van der Waals surface area contributed by atoms with Crippen molar-refractivity contribution in [2.45, 2.75) is 46.5 Å². The van der Waals surface area contributed by atoms with Gasteiger partial charge in [-0.3, -0.25) is 0 Å². The maximum absolute atomic E-state index is 4.02. The molecule has 15 heavy (non-hydrogen) atoms. The molecule has 0 unspecified atom stereocenters. The lowest BCUT2D eigenvalue weighted by Gasteiger charge is -2.11. The fraction of sp³-hybridized carbons (Fsp3) is 0.846. The van der Waals surface area contributed by atoms with Gasteiger partial charge in [-0.25, -0.2) is 0 Å². The maximum Gasteiger partial charge on any atom is 0.0144 e. The van der Waals surface area contributed by atoms with Crippen LogP contribution in [0.15, 0.2) is 12.3 Å². The highest BCUT2D eigenvalue weighted by Crippen LogP contribution is 2.05. The molecule has 0 aliphatic rings. The van der Waals surface area contributed by atoms with Crippen LogP contribution in [-0.4, -0.2) is 19.6 Å². The summed E-state index contributed by atoms with van der Waals surface area (Å²) in [5.74, 6) is 0.705. The minimum Gasteiger partial charge on any atom is -0.389 e. The topological polar surface area (TPSA) is 24.1 Å². The Morgan fingerprint density at radius 3 is 2.40 bits per heavy atom. The smallest absolute Gasteiger partial charge is 0.0144 e. The van der Waals surface area contributed by atoms with E-state index >= 15 is 0 Å². The summed E-state index contributed by atoms with van der Waals surface area (Å²) < 4.78 is 0. The first-order valence-electron chi connectivity index (χ1n) is 6.29. The van der Waals surface area contributed by atoms with Crippen molar-refractivity contribution in [2.75, 3.05) is 19.6 Å². The van der Waals surface area contributed by atoms with Crippen LogP contribution in [0.5, 0.6) is 0 Å².